The highest BCUT2D eigenvalue weighted by Gasteiger charge is 2.20. The number of aryl methyl sites for hydroxylation is 1. The molecular formula is C14H21N3OS. The quantitative estimate of drug-likeness (QED) is 0.680. The van der Waals surface area contributed by atoms with Gasteiger partial charge in [0.1, 0.15) is 0 Å². The molecule has 0 bridgehead atoms. The summed E-state index contributed by atoms with van der Waals surface area (Å²) in [6.45, 7) is 3.84. The Morgan fingerprint density at radius 2 is 2.16 bits per heavy atom. The van der Waals surface area contributed by atoms with E-state index in [4.69, 9.17) is 0 Å². The number of rotatable bonds is 4. The van der Waals surface area contributed by atoms with Crippen LogP contribution in [0.1, 0.15) is 44.7 Å². The van der Waals surface area contributed by atoms with Gasteiger partial charge in [-0.05, 0) is 32.8 Å². The van der Waals surface area contributed by atoms with Gasteiger partial charge in [-0.15, -0.1) is 0 Å². The van der Waals surface area contributed by atoms with Crippen LogP contribution in [0.3, 0.4) is 0 Å². The van der Waals surface area contributed by atoms with E-state index in [-0.39, 0.29) is 11.2 Å². The second-order valence-corrected chi connectivity index (χ2v) is 6.39. The third-order valence-corrected chi connectivity index (χ3v) is 4.35. The standard InChI is InChI=1S/C14H21N3OS/c1-10-8-9-15-14(16-10)19-11(2)13(18)17-12-6-4-3-5-7-12/h8-9,11-12H,3-7H2,1-2H3,(H,17,18)/t11-/m1/s1. The van der Waals surface area contributed by atoms with Crippen LogP contribution >= 0.6 is 11.8 Å². The Morgan fingerprint density at radius 3 is 2.84 bits per heavy atom. The van der Waals surface area contributed by atoms with Gasteiger partial charge in [-0.3, -0.25) is 4.79 Å². The average molecular weight is 279 g/mol. The first-order valence-corrected chi connectivity index (χ1v) is 7.80. The van der Waals surface area contributed by atoms with Gasteiger partial charge in [-0.2, -0.15) is 0 Å². The van der Waals surface area contributed by atoms with Crippen molar-refractivity contribution >= 4 is 17.7 Å². The maximum atomic E-state index is 12.1. The molecule has 1 atom stereocenters. The second kappa shape index (κ2) is 6.89. The van der Waals surface area contributed by atoms with Crippen LogP contribution in [0.15, 0.2) is 17.4 Å². The van der Waals surface area contributed by atoms with Crippen molar-refractivity contribution in [2.24, 2.45) is 0 Å². The van der Waals surface area contributed by atoms with Crippen molar-refractivity contribution in [3.8, 4) is 0 Å². The fourth-order valence-corrected chi connectivity index (χ4v) is 3.07. The number of hydrogen-bond donors (Lipinski definition) is 1. The summed E-state index contributed by atoms with van der Waals surface area (Å²) in [5, 5.41) is 3.66. The van der Waals surface area contributed by atoms with E-state index in [1.54, 1.807) is 6.20 Å². The lowest BCUT2D eigenvalue weighted by molar-refractivity contribution is -0.121. The van der Waals surface area contributed by atoms with Gasteiger partial charge in [0.2, 0.25) is 5.91 Å². The SMILES string of the molecule is Cc1ccnc(S[C@H](C)C(=O)NC2CCCCC2)n1. The number of hydrogen-bond acceptors (Lipinski definition) is 4. The van der Waals surface area contributed by atoms with Crippen LogP contribution in [0.2, 0.25) is 0 Å². The lowest BCUT2D eigenvalue weighted by Crippen LogP contribution is -2.40. The molecule has 1 fully saturated rings. The molecule has 0 radical (unpaired) electrons. The van der Waals surface area contributed by atoms with Gasteiger partial charge in [0.25, 0.3) is 0 Å². The lowest BCUT2D eigenvalue weighted by Gasteiger charge is -2.24. The molecule has 1 saturated carbocycles. The zero-order valence-electron chi connectivity index (χ0n) is 11.6. The number of nitrogens with one attached hydrogen (secondary N) is 1. The van der Waals surface area contributed by atoms with E-state index in [2.05, 4.69) is 15.3 Å². The van der Waals surface area contributed by atoms with E-state index in [0.29, 0.717) is 11.2 Å². The van der Waals surface area contributed by atoms with Crippen molar-refractivity contribution in [2.45, 2.75) is 62.4 Å². The van der Waals surface area contributed by atoms with Crippen LogP contribution in [0.25, 0.3) is 0 Å². The molecule has 0 aromatic carbocycles. The van der Waals surface area contributed by atoms with Gasteiger partial charge in [-0.1, -0.05) is 31.0 Å². The lowest BCUT2D eigenvalue weighted by atomic mass is 9.95. The van der Waals surface area contributed by atoms with Crippen molar-refractivity contribution < 1.29 is 4.79 Å². The van der Waals surface area contributed by atoms with Crippen LogP contribution in [0, 0.1) is 6.92 Å². The molecule has 1 amide bonds. The first-order valence-electron chi connectivity index (χ1n) is 6.92. The number of thioether (sulfide) groups is 1. The van der Waals surface area contributed by atoms with E-state index in [0.717, 1.165) is 18.5 Å². The summed E-state index contributed by atoms with van der Waals surface area (Å²) in [5.41, 5.74) is 0.928. The Kier molecular flexibility index (Phi) is 5.19. The third kappa shape index (κ3) is 4.49. The first-order chi connectivity index (χ1) is 9.15. The van der Waals surface area contributed by atoms with Crippen LogP contribution in [0.4, 0.5) is 0 Å². The summed E-state index contributed by atoms with van der Waals surface area (Å²) in [5.74, 6) is 0.0991. The molecule has 19 heavy (non-hydrogen) atoms. The fraction of sp³-hybridized carbons (Fsp3) is 0.643. The Bertz CT molecular complexity index is 432. The molecule has 0 unspecified atom stereocenters. The zero-order chi connectivity index (χ0) is 13.7. The van der Waals surface area contributed by atoms with Gasteiger partial charge in [0.15, 0.2) is 5.16 Å². The Labute approximate surface area is 118 Å². The number of carbonyl (C=O) groups excluding carboxylic acids is 1. The largest absolute Gasteiger partial charge is 0.352 e. The molecule has 1 heterocycles. The monoisotopic (exact) mass is 279 g/mol. The van der Waals surface area contributed by atoms with Crippen molar-refractivity contribution in [1.82, 2.24) is 15.3 Å². The maximum Gasteiger partial charge on any atom is 0.233 e. The molecule has 0 saturated heterocycles. The summed E-state index contributed by atoms with van der Waals surface area (Å²) in [7, 11) is 0. The molecular weight excluding hydrogens is 258 g/mol. The highest BCUT2D eigenvalue weighted by atomic mass is 32.2. The van der Waals surface area contributed by atoms with Crippen LogP contribution in [-0.4, -0.2) is 27.2 Å². The Morgan fingerprint density at radius 1 is 1.42 bits per heavy atom. The number of nitrogens with zero attached hydrogens (tertiary/aromatic N) is 2. The van der Waals surface area contributed by atoms with Crippen molar-refractivity contribution in [3.63, 3.8) is 0 Å². The molecule has 104 valence electrons. The molecule has 1 N–H and O–H groups in total. The molecule has 0 spiro atoms. The molecule has 4 nitrogen and oxygen atoms in total. The highest BCUT2D eigenvalue weighted by molar-refractivity contribution is 8.00. The van der Waals surface area contributed by atoms with E-state index < -0.39 is 0 Å². The third-order valence-electron chi connectivity index (χ3n) is 3.38. The average Bonchev–Trinajstić information content (AvgIpc) is 2.40. The van der Waals surface area contributed by atoms with Crippen molar-refractivity contribution in [2.75, 3.05) is 0 Å². The summed E-state index contributed by atoms with van der Waals surface area (Å²) in [6.07, 6.45) is 7.72. The van der Waals surface area contributed by atoms with Gasteiger partial charge >= 0.3 is 0 Å². The first kappa shape index (κ1) is 14.3. The highest BCUT2D eigenvalue weighted by Crippen LogP contribution is 2.21. The van der Waals surface area contributed by atoms with Gasteiger partial charge in [0.05, 0.1) is 5.25 Å². The van der Waals surface area contributed by atoms with E-state index in [1.165, 1.54) is 31.0 Å². The molecule has 5 heteroatoms. The summed E-state index contributed by atoms with van der Waals surface area (Å²) in [4.78, 5) is 20.6. The van der Waals surface area contributed by atoms with Gasteiger partial charge < -0.3 is 5.32 Å². The minimum atomic E-state index is -0.149. The van der Waals surface area contributed by atoms with Gasteiger partial charge in [0, 0.05) is 17.9 Å². The molecule has 2 rings (SSSR count). The summed E-state index contributed by atoms with van der Waals surface area (Å²) in [6, 6.07) is 2.22. The van der Waals surface area contributed by atoms with E-state index >= 15 is 0 Å². The molecule has 1 aliphatic rings. The summed E-state index contributed by atoms with van der Waals surface area (Å²) >= 11 is 1.42. The molecule has 0 aliphatic heterocycles. The Balaban J connectivity index is 1.84. The fourth-order valence-electron chi connectivity index (χ4n) is 2.26. The minimum Gasteiger partial charge on any atom is -0.352 e. The topological polar surface area (TPSA) is 54.9 Å². The second-order valence-electron chi connectivity index (χ2n) is 5.08. The smallest absolute Gasteiger partial charge is 0.233 e. The summed E-state index contributed by atoms with van der Waals surface area (Å²) < 4.78 is 0. The minimum absolute atomic E-state index is 0.0991. The number of aromatic nitrogens is 2. The number of amides is 1. The van der Waals surface area contributed by atoms with E-state index in [1.807, 2.05) is 19.9 Å². The van der Waals surface area contributed by atoms with Crippen LogP contribution < -0.4 is 5.32 Å². The predicted molar refractivity (Wildman–Crippen MR) is 77.1 cm³/mol. The molecule has 1 aromatic rings. The Hall–Kier alpha value is -1.10. The van der Waals surface area contributed by atoms with E-state index in [9.17, 15) is 4.79 Å². The van der Waals surface area contributed by atoms with Crippen molar-refractivity contribution in [3.05, 3.63) is 18.0 Å². The van der Waals surface area contributed by atoms with Crippen LogP contribution in [0.5, 0.6) is 0 Å². The molecule has 1 aromatic heterocycles. The van der Waals surface area contributed by atoms with Crippen LogP contribution in [-0.2, 0) is 4.79 Å². The number of carbonyl (C=O) groups is 1. The maximum absolute atomic E-state index is 12.1. The molecule has 1 aliphatic carbocycles. The normalized spacial score (nSPS) is 18.0. The predicted octanol–water partition coefficient (Wildman–Crippen LogP) is 2.71. The zero-order valence-corrected chi connectivity index (χ0v) is 12.4. The van der Waals surface area contributed by atoms with Crippen molar-refractivity contribution in [1.29, 1.82) is 0 Å². The van der Waals surface area contributed by atoms with Gasteiger partial charge in [-0.25, -0.2) is 9.97 Å².